The highest BCUT2D eigenvalue weighted by Gasteiger charge is 2.36. The number of benzene rings is 1. The molecule has 0 amide bonds. The number of hydrogen-bond donors (Lipinski definition) is 1. The Morgan fingerprint density at radius 3 is 2.37 bits per heavy atom. The van der Waals surface area contributed by atoms with Crippen molar-refractivity contribution in [3.05, 3.63) is 34.6 Å². The molecule has 0 saturated heterocycles. The molecule has 0 spiro atoms. The first kappa shape index (κ1) is 14.5. The molecule has 0 aliphatic heterocycles. The summed E-state index contributed by atoms with van der Waals surface area (Å²) in [5, 5.41) is 0. The summed E-state index contributed by atoms with van der Waals surface area (Å²) in [5.74, 6) is -0.125. The molecule has 1 atom stereocenters. The lowest BCUT2D eigenvalue weighted by Gasteiger charge is -2.31. The van der Waals surface area contributed by atoms with Crippen molar-refractivity contribution in [3.8, 4) is 0 Å². The zero-order valence-electron chi connectivity index (χ0n) is 12.6. The number of aryl methyl sites for hydroxylation is 2. The monoisotopic (exact) mass is 263 g/mol. The predicted molar refractivity (Wildman–Crippen MR) is 78.6 cm³/mol. The van der Waals surface area contributed by atoms with Crippen LogP contribution in [0.2, 0.25) is 0 Å². The average molecular weight is 263 g/mol. The molecule has 0 aromatic heterocycles. The Labute approximate surface area is 116 Å². The number of hydrogen-bond acceptors (Lipinski definition) is 1. The summed E-state index contributed by atoms with van der Waals surface area (Å²) < 4.78 is 14.4. The number of rotatable bonds is 1. The van der Waals surface area contributed by atoms with Crippen LogP contribution in [0.15, 0.2) is 12.1 Å². The van der Waals surface area contributed by atoms with Gasteiger partial charge in [-0.25, -0.2) is 4.39 Å². The molecule has 1 unspecified atom stereocenters. The van der Waals surface area contributed by atoms with Gasteiger partial charge in [-0.1, -0.05) is 26.3 Å². The normalized spacial score (nSPS) is 27.1. The molecular weight excluding hydrogens is 237 g/mol. The molecule has 2 rings (SSSR count). The molecule has 1 nitrogen and oxygen atoms in total. The van der Waals surface area contributed by atoms with Crippen LogP contribution in [-0.4, -0.2) is 0 Å². The van der Waals surface area contributed by atoms with Crippen LogP contribution >= 0.6 is 0 Å². The zero-order valence-corrected chi connectivity index (χ0v) is 12.6. The predicted octanol–water partition coefficient (Wildman–Crippen LogP) is 4.59. The highest BCUT2D eigenvalue weighted by atomic mass is 19.1. The third-order valence-electron chi connectivity index (χ3n) is 4.65. The van der Waals surface area contributed by atoms with Gasteiger partial charge in [-0.3, -0.25) is 0 Å². The first-order valence-corrected chi connectivity index (χ1v) is 7.30. The van der Waals surface area contributed by atoms with Gasteiger partial charge in [0, 0.05) is 11.1 Å². The second-order valence-corrected chi connectivity index (χ2v) is 7.11. The fraction of sp³-hybridized carbons (Fsp3) is 0.647. The quantitative estimate of drug-likeness (QED) is 0.737. The first-order chi connectivity index (χ1) is 8.73. The van der Waals surface area contributed by atoms with Crippen molar-refractivity contribution in [1.82, 2.24) is 0 Å². The van der Waals surface area contributed by atoms with Crippen molar-refractivity contribution in [1.29, 1.82) is 0 Å². The van der Waals surface area contributed by atoms with Gasteiger partial charge in [0.05, 0.1) is 0 Å². The minimum Gasteiger partial charge on any atom is -0.321 e. The standard InChI is InChI=1S/C17H26FN/c1-12-10-13(2)15(14(18)11-12)17(19)7-5-6-16(3,4)8-9-17/h10-11H,5-9,19H2,1-4H3. The second-order valence-electron chi connectivity index (χ2n) is 7.11. The molecule has 1 aromatic carbocycles. The molecule has 106 valence electrons. The molecule has 1 saturated carbocycles. The van der Waals surface area contributed by atoms with E-state index in [0.717, 1.165) is 42.4 Å². The molecule has 2 heteroatoms. The highest BCUT2D eigenvalue weighted by Crippen LogP contribution is 2.43. The van der Waals surface area contributed by atoms with E-state index in [0.29, 0.717) is 5.41 Å². The first-order valence-electron chi connectivity index (χ1n) is 7.30. The zero-order chi connectivity index (χ0) is 14.3. The van der Waals surface area contributed by atoms with E-state index in [1.807, 2.05) is 19.9 Å². The topological polar surface area (TPSA) is 26.0 Å². The van der Waals surface area contributed by atoms with E-state index in [9.17, 15) is 4.39 Å². The van der Waals surface area contributed by atoms with Crippen LogP contribution in [0.3, 0.4) is 0 Å². The minimum atomic E-state index is -0.490. The smallest absolute Gasteiger partial charge is 0.128 e. The highest BCUT2D eigenvalue weighted by molar-refractivity contribution is 5.37. The molecule has 0 bridgehead atoms. The Morgan fingerprint density at radius 2 is 1.74 bits per heavy atom. The molecule has 19 heavy (non-hydrogen) atoms. The minimum absolute atomic E-state index is 0.125. The van der Waals surface area contributed by atoms with Gasteiger partial charge in [-0.05, 0) is 62.1 Å². The molecule has 2 N–H and O–H groups in total. The number of halogens is 1. The third-order valence-corrected chi connectivity index (χ3v) is 4.65. The van der Waals surface area contributed by atoms with Crippen molar-refractivity contribution in [2.45, 2.75) is 65.3 Å². The van der Waals surface area contributed by atoms with Gasteiger partial charge in [0.15, 0.2) is 0 Å². The summed E-state index contributed by atoms with van der Waals surface area (Å²) in [7, 11) is 0. The van der Waals surface area contributed by atoms with Crippen LogP contribution in [-0.2, 0) is 5.54 Å². The SMILES string of the molecule is Cc1cc(C)c(C2(N)CCCC(C)(C)CC2)c(F)c1. The van der Waals surface area contributed by atoms with E-state index >= 15 is 0 Å². The maximum atomic E-state index is 14.4. The Kier molecular flexibility index (Phi) is 3.74. The summed E-state index contributed by atoms with van der Waals surface area (Å²) in [6, 6.07) is 3.66. The van der Waals surface area contributed by atoms with Crippen molar-refractivity contribution < 1.29 is 4.39 Å². The van der Waals surface area contributed by atoms with E-state index in [2.05, 4.69) is 13.8 Å². The van der Waals surface area contributed by atoms with Crippen molar-refractivity contribution in [2.24, 2.45) is 11.1 Å². The lowest BCUT2D eigenvalue weighted by Crippen LogP contribution is -2.38. The molecule has 0 heterocycles. The van der Waals surface area contributed by atoms with Crippen molar-refractivity contribution >= 4 is 0 Å². The summed E-state index contributed by atoms with van der Waals surface area (Å²) >= 11 is 0. The van der Waals surface area contributed by atoms with E-state index < -0.39 is 5.54 Å². The van der Waals surface area contributed by atoms with E-state index in [-0.39, 0.29) is 5.82 Å². The largest absolute Gasteiger partial charge is 0.321 e. The fourth-order valence-corrected chi connectivity index (χ4v) is 3.49. The van der Waals surface area contributed by atoms with Gasteiger partial charge in [-0.2, -0.15) is 0 Å². The molecule has 1 aliphatic rings. The maximum absolute atomic E-state index is 14.4. The number of nitrogens with two attached hydrogens (primary N) is 1. The summed E-state index contributed by atoms with van der Waals surface area (Å²) in [6.45, 7) is 8.49. The summed E-state index contributed by atoms with van der Waals surface area (Å²) in [4.78, 5) is 0. The lowest BCUT2D eigenvalue weighted by molar-refractivity contribution is 0.296. The van der Waals surface area contributed by atoms with Gasteiger partial charge >= 0.3 is 0 Å². The van der Waals surface area contributed by atoms with Gasteiger partial charge in [0.25, 0.3) is 0 Å². The van der Waals surface area contributed by atoms with Crippen LogP contribution in [0.1, 0.15) is 62.6 Å². The lowest BCUT2D eigenvalue weighted by atomic mass is 9.79. The van der Waals surface area contributed by atoms with Crippen LogP contribution < -0.4 is 5.73 Å². The second kappa shape index (κ2) is 4.90. The Bertz CT molecular complexity index is 455. The van der Waals surface area contributed by atoms with Gasteiger partial charge in [-0.15, -0.1) is 0 Å². The molecule has 1 aliphatic carbocycles. The van der Waals surface area contributed by atoms with Gasteiger partial charge in [0.2, 0.25) is 0 Å². The summed E-state index contributed by atoms with van der Waals surface area (Å²) in [5.41, 5.74) is 9.17. The fourth-order valence-electron chi connectivity index (χ4n) is 3.49. The van der Waals surface area contributed by atoms with Gasteiger partial charge < -0.3 is 5.73 Å². The van der Waals surface area contributed by atoms with Gasteiger partial charge in [0.1, 0.15) is 5.82 Å². The van der Waals surface area contributed by atoms with Crippen molar-refractivity contribution in [3.63, 3.8) is 0 Å². The molecule has 1 fully saturated rings. The van der Waals surface area contributed by atoms with Crippen LogP contribution in [0.5, 0.6) is 0 Å². The van der Waals surface area contributed by atoms with E-state index in [1.54, 1.807) is 6.07 Å². The van der Waals surface area contributed by atoms with E-state index in [4.69, 9.17) is 5.73 Å². The molecule has 1 aromatic rings. The van der Waals surface area contributed by atoms with Crippen molar-refractivity contribution in [2.75, 3.05) is 0 Å². The van der Waals surface area contributed by atoms with Crippen LogP contribution in [0.25, 0.3) is 0 Å². The van der Waals surface area contributed by atoms with Crippen LogP contribution in [0, 0.1) is 25.1 Å². The summed E-state index contributed by atoms with van der Waals surface area (Å²) in [6.07, 6.45) is 5.09. The third kappa shape index (κ3) is 3.00. The average Bonchev–Trinajstić information content (AvgIpc) is 2.37. The van der Waals surface area contributed by atoms with E-state index in [1.165, 1.54) is 6.42 Å². The Balaban J connectivity index is 2.40. The molecular formula is C17H26FN. The van der Waals surface area contributed by atoms with Crippen LogP contribution in [0.4, 0.5) is 4.39 Å². The Morgan fingerprint density at radius 1 is 1.05 bits per heavy atom. The Hall–Kier alpha value is -0.890. The maximum Gasteiger partial charge on any atom is 0.128 e. The molecule has 0 radical (unpaired) electrons.